The van der Waals surface area contributed by atoms with Gasteiger partial charge >= 0.3 is 4.83 Å². The first-order valence-corrected chi connectivity index (χ1v) is 5.12. The SMILES string of the molecule is NCCNCc1cnc(C(F)(F)Br)nc1. The molecule has 0 unspecified atom stereocenters. The van der Waals surface area contributed by atoms with E-state index in [9.17, 15) is 8.78 Å². The minimum absolute atomic E-state index is 0.519. The summed E-state index contributed by atoms with van der Waals surface area (Å²) in [4.78, 5) is 3.93. The zero-order valence-electron chi connectivity index (χ0n) is 7.88. The topological polar surface area (TPSA) is 63.8 Å². The van der Waals surface area contributed by atoms with Crippen molar-refractivity contribution in [2.45, 2.75) is 11.4 Å². The van der Waals surface area contributed by atoms with Gasteiger partial charge < -0.3 is 11.1 Å². The molecule has 4 nitrogen and oxygen atoms in total. The molecule has 0 aliphatic carbocycles. The van der Waals surface area contributed by atoms with E-state index in [-0.39, 0.29) is 0 Å². The van der Waals surface area contributed by atoms with E-state index in [0.717, 1.165) is 5.56 Å². The number of halogens is 3. The van der Waals surface area contributed by atoms with Crippen LogP contribution in [0.1, 0.15) is 11.4 Å². The lowest BCUT2D eigenvalue weighted by Crippen LogP contribution is -2.22. The quantitative estimate of drug-likeness (QED) is 0.623. The second-order valence-electron chi connectivity index (χ2n) is 2.88. The number of hydrogen-bond donors (Lipinski definition) is 2. The van der Waals surface area contributed by atoms with Crippen molar-refractivity contribution in [1.29, 1.82) is 0 Å². The summed E-state index contributed by atoms with van der Waals surface area (Å²) in [6.45, 7) is 1.71. The van der Waals surface area contributed by atoms with E-state index >= 15 is 0 Å². The Bertz CT molecular complexity index is 299. The molecule has 0 aliphatic heterocycles. The first-order valence-electron chi connectivity index (χ1n) is 4.33. The molecule has 3 N–H and O–H groups in total. The number of nitrogens with one attached hydrogen (secondary N) is 1. The second-order valence-corrected chi connectivity index (χ2v) is 3.87. The van der Waals surface area contributed by atoms with Gasteiger partial charge in [0.25, 0.3) is 0 Å². The third-order valence-electron chi connectivity index (χ3n) is 1.61. The van der Waals surface area contributed by atoms with Crippen LogP contribution in [0.2, 0.25) is 0 Å². The molecule has 0 bridgehead atoms. The highest BCUT2D eigenvalue weighted by Crippen LogP contribution is 2.31. The molecule has 1 aromatic heterocycles. The van der Waals surface area contributed by atoms with E-state index in [1.165, 1.54) is 12.4 Å². The van der Waals surface area contributed by atoms with E-state index in [2.05, 4.69) is 31.2 Å². The second kappa shape index (κ2) is 5.43. The molecule has 7 heteroatoms. The van der Waals surface area contributed by atoms with Crippen LogP contribution in [-0.2, 0) is 11.4 Å². The normalized spacial score (nSPS) is 11.7. The fourth-order valence-electron chi connectivity index (χ4n) is 0.927. The van der Waals surface area contributed by atoms with Crippen molar-refractivity contribution in [1.82, 2.24) is 15.3 Å². The fourth-order valence-corrected chi connectivity index (χ4v) is 1.13. The average molecular weight is 281 g/mol. The maximum atomic E-state index is 12.7. The van der Waals surface area contributed by atoms with E-state index in [1.807, 2.05) is 0 Å². The fraction of sp³-hybridized carbons (Fsp3) is 0.500. The predicted octanol–water partition coefficient (Wildman–Crippen LogP) is 0.969. The number of alkyl halides is 3. The first kappa shape index (κ1) is 12.4. The molecule has 0 saturated carbocycles. The molecule has 0 spiro atoms. The maximum absolute atomic E-state index is 12.7. The summed E-state index contributed by atoms with van der Waals surface area (Å²) in [6, 6.07) is 0. The van der Waals surface area contributed by atoms with Gasteiger partial charge in [-0.3, -0.25) is 0 Å². The highest BCUT2D eigenvalue weighted by atomic mass is 79.9. The van der Waals surface area contributed by atoms with Crippen molar-refractivity contribution < 1.29 is 8.78 Å². The molecular weight excluding hydrogens is 270 g/mol. The molecule has 84 valence electrons. The van der Waals surface area contributed by atoms with E-state index in [4.69, 9.17) is 5.73 Å². The van der Waals surface area contributed by atoms with Gasteiger partial charge in [-0.2, -0.15) is 8.78 Å². The van der Waals surface area contributed by atoms with Crippen molar-refractivity contribution in [3.8, 4) is 0 Å². The zero-order valence-corrected chi connectivity index (χ0v) is 9.47. The molecule has 0 aromatic carbocycles. The average Bonchev–Trinajstić information content (AvgIpc) is 2.18. The third-order valence-corrected chi connectivity index (χ3v) is 1.96. The Labute approximate surface area is 94.4 Å². The van der Waals surface area contributed by atoms with Crippen molar-refractivity contribution in [2.75, 3.05) is 13.1 Å². The summed E-state index contributed by atoms with van der Waals surface area (Å²) in [7, 11) is 0. The summed E-state index contributed by atoms with van der Waals surface area (Å²) < 4.78 is 25.3. The molecule has 0 atom stereocenters. The van der Waals surface area contributed by atoms with Gasteiger partial charge in [0.2, 0.25) is 5.82 Å². The highest BCUT2D eigenvalue weighted by molar-refractivity contribution is 9.09. The number of rotatable bonds is 5. The van der Waals surface area contributed by atoms with Crippen LogP contribution in [0.3, 0.4) is 0 Å². The van der Waals surface area contributed by atoms with Crippen LogP contribution in [0.25, 0.3) is 0 Å². The summed E-state index contributed by atoms with van der Waals surface area (Å²) >= 11 is 2.18. The molecule has 0 saturated heterocycles. The minimum Gasteiger partial charge on any atom is -0.329 e. The standard InChI is InChI=1S/C8H11BrF2N4/c9-8(10,11)7-14-4-6(5-15-7)3-13-2-1-12/h4-5,13H,1-3,12H2. The highest BCUT2D eigenvalue weighted by Gasteiger charge is 2.30. The third kappa shape index (κ3) is 4.15. The summed E-state index contributed by atoms with van der Waals surface area (Å²) in [5.74, 6) is -0.537. The largest absolute Gasteiger partial charge is 0.359 e. The lowest BCUT2D eigenvalue weighted by atomic mass is 10.3. The van der Waals surface area contributed by atoms with Gasteiger partial charge in [0, 0.05) is 37.6 Å². The summed E-state index contributed by atoms with van der Waals surface area (Å²) in [6.07, 6.45) is 2.72. The lowest BCUT2D eigenvalue weighted by Gasteiger charge is -2.07. The van der Waals surface area contributed by atoms with E-state index in [0.29, 0.717) is 19.6 Å². The molecule has 1 aromatic rings. The number of nitrogens with zero attached hydrogens (tertiary/aromatic N) is 2. The van der Waals surface area contributed by atoms with Gasteiger partial charge in [-0.15, -0.1) is 0 Å². The Balaban J connectivity index is 2.57. The lowest BCUT2D eigenvalue weighted by molar-refractivity contribution is 0.103. The number of nitrogens with two attached hydrogens (primary N) is 1. The molecule has 1 rings (SSSR count). The Morgan fingerprint density at radius 3 is 2.47 bits per heavy atom. The Kier molecular flexibility index (Phi) is 4.49. The van der Waals surface area contributed by atoms with Crippen molar-refractivity contribution in [3.05, 3.63) is 23.8 Å². The molecule has 1 heterocycles. The van der Waals surface area contributed by atoms with Crippen LogP contribution in [-0.4, -0.2) is 23.1 Å². The number of aromatic nitrogens is 2. The molecule has 15 heavy (non-hydrogen) atoms. The van der Waals surface area contributed by atoms with Crippen LogP contribution >= 0.6 is 15.9 Å². The first-order chi connectivity index (χ1) is 7.04. The Morgan fingerprint density at radius 1 is 1.40 bits per heavy atom. The van der Waals surface area contributed by atoms with Crippen LogP contribution < -0.4 is 11.1 Å². The smallest absolute Gasteiger partial charge is 0.329 e. The van der Waals surface area contributed by atoms with Gasteiger partial charge in [-0.05, 0) is 15.9 Å². The maximum Gasteiger partial charge on any atom is 0.359 e. The molecule has 0 fully saturated rings. The van der Waals surface area contributed by atoms with Crippen LogP contribution in [0.4, 0.5) is 8.78 Å². The van der Waals surface area contributed by atoms with E-state index < -0.39 is 10.7 Å². The van der Waals surface area contributed by atoms with Crippen LogP contribution in [0.5, 0.6) is 0 Å². The zero-order chi connectivity index (χ0) is 11.3. The van der Waals surface area contributed by atoms with Crippen molar-refractivity contribution >= 4 is 15.9 Å². The van der Waals surface area contributed by atoms with Crippen LogP contribution in [0.15, 0.2) is 12.4 Å². The molecule has 0 amide bonds. The van der Waals surface area contributed by atoms with Gasteiger partial charge in [0.05, 0.1) is 0 Å². The van der Waals surface area contributed by atoms with Gasteiger partial charge in [-0.25, -0.2) is 9.97 Å². The van der Waals surface area contributed by atoms with Gasteiger partial charge in [0.15, 0.2) is 0 Å². The van der Waals surface area contributed by atoms with E-state index in [1.54, 1.807) is 0 Å². The predicted molar refractivity (Wildman–Crippen MR) is 55.6 cm³/mol. The Hall–Kier alpha value is -0.660. The monoisotopic (exact) mass is 280 g/mol. The number of hydrogen-bond acceptors (Lipinski definition) is 4. The summed E-state index contributed by atoms with van der Waals surface area (Å²) in [5.41, 5.74) is 6.01. The summed E-state index contributed by atoms with van der Waals surface area (Å²) in [5, 5.41) is 3.01. The van der Waals surface area contributed by atoms with Gasteiger partial charge in [-0.1, -0.05) is 0 Å². The molecule has 0 aliphatic rings. The van der Waals surface area contributed by atoms with Gasteiger partial charge in [0.1, 0.15) is 0 Å². The molecule has 0 radical (unpaired) electrons. The Morgan fingerprint density at radius 2 is 2.00 bits per heavy atom. The van der Waals surface area contributed by atoms with Crippen LogP contribution in [0, 0.1) is 0 Å². The van der Waals surface area contributed by atoms with Crippen molar-refractivity contribution in [3.63, 3.8) is 0 Å². The van der Waals surface area contributed by atoms with Crippen molar-refractivity contribution in [2.24, 2.45) is 5.73 Å². The molecular formula is C8H11BrF2N4. The minimum atomic E-state index is -3.17.